The molecule has 2 aromatic carbocycles. The van der Waals surface area contributed by atoms with E-state index in [0.717, 1.165) is 22.6 Å². The average molecular weight is 382 g/mol. The van der Waals surface area contributed by atoms with Crippen LogP contribution in [0.15, 0.2) is 66.7 Å². The summed E-state index contributed by atoms with van der Waals surface area (Å²) in [5.41, 5.74) is 1.23. The highest BCUT2D eigenvalue weighted by Gasteiger charge is 2.22. The lowest BCUT2D eigenvalue weighted by molar-refractivity contribution is -0.137. The summed E-state index contributed by atoms with van der Waals surface area (Å²) >= 11 is 0. The van der Waals surface area contributed by atoms with Gasteiger partial charge in [-0.2, -0.15) is 0 Å². The minimum atomic E-state index is -0.677. The molecule has 3 amide bonds. The molecule has 146 valence electrons. The molecule has 0 radical (unpaired) electrons. The number of nitrogens with one attached hydrogen (secondary N) is 1. The first-order chi connectivity index (χ1) is 13.5. The van der Waals surface area contributed by atoms with Crippen molar-refractivity contribution < 1.29 is 23.9 Å². The highest BCUT2D eigenvalue weighted by Crippen LogP contribution is 2.20. The molecule has 0 unspecified atom stereocenters. The maximum atomic E-state index is 12.7. The number of carbonyl (C=O) groups is 3. The van der Waals surface area contributed by atoms with Crippen molar-refractivity contribution in [1.82, 2.24) is 5.32 Å². The maximum Gasteiger partial charge on any atom is 0.330 e. The molecule has 7 nitrogen and oxygen atoms in total. The van der Waals surface area contributed by atoms with E-state index in [1.54, 1.807) is 31.2 Å². The number of benzene rings is 2. The molecule has 2 aromatic rings. The number of ether oxygens (including phenoxy) is 2. The van der Waals surface area contributed by atoms with Crippen molar-refractivity contribution in [1.29, 1.82) is 0 Å². The number of imide groups is 1. The maximum absolute atomic E-state index is 12.7. The molecular weight excluding hydrogens is 360 g/mol. The highest BCUT2D eigenvalue weighted by molar-refractivity contribution is 6.19. The van der Waals surface area contributed by atoms with Crippen LogP contribution in [0.1, 0.15) is 12.5 Å². The molecule has 0 aliphatic rings. The van der Waals surface area contributed by atoms with Crippen LogP contribution in [0.5, 0.6) is 5.75 Å². The summed E-state index contributed by atoms with van der Waals surface area (Å²) in [6, 6.07) is 15.1. The molecule has 0 atom stereocenters. The minimum absolute atomic E-state index is 0.192. The van der Waals surface area contributed by atoms with Gasteiger partial charge in [0.25, 0.3) is 5.91 Å². The molecule has 28 heavy (non-hydrogen) atoms. The smallest absolute Gasteiger partial charge is 0.330 e. The number of hydrogen-bond donors (Lipinski definition) is 1. The lowest BCUT2D eigenvalue weighted by atomic mass is 10.2. The van der Waals surface area contributed by atoms with Gasteiger partial charge < -0.3 is 14.8 Å². The van der Waals surface area contributed by atoms with Gasteiger partial charge in [-0.25, -0.2) is 14.5 Å². The topological polar surface area (TPSA) is 84.9 Å². The van der Waals surface area contributed by atoms with Crippen molar-refractivity contribution in [2.24, 2.45) is 0 Å². The third-order valence-corrected chi connectivity index (χ3v) is 3.69. The molecule has 7 heteroatoms. The van der Waals surface area contributed by atoms with Crippen LogP contribution >= 0.6 is 0 Å². The Morgan fingerprint density at radius 2 is 1.68 bits per heavy atom. The molecule has 0 aromatic heterocycles. The van der Waals surface area contributed by atoms with Crippen LogP contribution in [-0.2, 0) is 20.9 Å². The molecule has 0 fully saturated rings. The van der Waals surface area contributed by atoms with Crippen LogP contribution < -0.4 is 15.0 Å². The summed E-state index contributed by atoms with van der Waals surface area (Å²) in [4.78, 5) is 37.7. The average Bonchev–Trinajstić information content (AvgIpc) is 2.72. The van der Waals surface area contributed by atoms with Crippen LogP contribution in [0.25, 0.3) is 0 Å². The Bertz CT molecular complexity index is 832. The molecule has 0 saturated heterocycles. The Labute approximate surface area is 163 Å². The largest absolute Gasteiger partial charge is 0.497 e. The van der Waals surface area contributed by atoms with Crippen molar-refractivity contribution in [2.45, 2.75) is 13.5 Å². The number of esters is 1. The molecule has 1 N–H and O–H groups in total. The monoisotopic (exact) mass is 382 g/mol. The Morgan fingerprint density at radius 1 is 1.00 bits per heavy atom. The lowest BCUT2D eigenvalue weighted by Gasteiger charge is -2.20. The Kier molecular flexibility index (Phi) is 7.77. The highest BCUT2D eigenvalue weighted by atomic mass is 16.5. The van der Waals surface area contributed by atoms with E-state index in [2.05, 4.69) is 5.32 Å². The second-order valence-electron chi connectivity index (χ2n) is 5.60. The Balaban J connectivity index is 2.20. The van der Waals surface area contributed by atoms with Crippen LogP contribution in [0.3, 0.4) is 0 Å². The molecular formula is C21H22N2O5. The van der Waals surface area contributed by atoms with Crippen molar-refractivity contribution in [3.63, 3.8) is 0 Å². The summed E-state index contributed by atoms with van der Waals surface area (Å²) in [5.74, 6) is -0.748. The predicted molar refractivity (Wildman–Crippen MR) is 105 cm³/mol. The van der Waals surface area contributed by atoms with Gasteiger partial charge in [-0.05, 0) is 36.8 Å². The first-order valence-corrected chi connectivity index (χ1v) is 8.70. The van der Waals surface area contributed by atoms with E-state index in [1.807, 2.05) is 30.3 Å². The second kappa shape index (κ2) is 10.5. The van der Waals surface area contributed by atoms with Crippen LogP contribution in [0.4, 0.5) is 10.5 Å². The summed E-state index contributed by atoms with van der Waals surface area (Å²) < 4.78 is 9.86. The van der Waals surface area contributed by atoms with Crippen LogP contribution in [0.2, 0.25) is 0 Å². The third-order valence-electron chi connectivity index (χ3n) is 3.69. The second-order valence-corrected chi connectivity index (χ2v) is 5.60. The first kappa shape index (κ1) is 20.7. The predicted octanol–water partition coefficient (Wildman–Crippen LogP) is 3.06. The van der Waals surface area contributed by atoms with Crippen molar-refractivity contribution in [2.75, 3.05) is 18.6 Å². The van der Waals surface area contributed by atoms with Gasteiger partial charge in [-0.3, -0.25) is 4.79 Å². The zero-order valence-electron chi connectivity index (χ0n) is 15.8. The summed E-state index contributed by atoms with van der Waals surface area (Å²) in [6.45, 7) is 2.10. The number of nitrogens with zero attached hydrogens (tertiary/aromatic N) is 1. The fraction of sp³-hybridized carbons (Fsp3) is 0.190. The van der Waals surface area contributed by atoms with E-state index >= 15 is 0 Å². The van der Waals surface area contributed by atoms with E-state index in [9.17, 15) is 14.4 Å². The van der Waals surface area contributed by atoms with Gasteiger partial charge >= 0.3 is 12.0 Å². The lowest BCUT2D eigenvalue weighted by Crippen LogP contribution is -2.43. The first-order valence-electron chi connectivity index (χ1n) is 8.70. The number of methoxy groups -OCH3 is 1. The zero-order chi connectivity index (χ0) is 20.4. The summed E-state index contributed by atoms with van der Waals surface area (Å²) in [7, 11) is 1.52. The minimum Gasteiger partial charge on any atom is -0.497 e. The van der Waals surface area contributed by atoms with E-state index < -0.39 is 17.9 Å². The molecule has 0 bridgehead atoms. The van der Waals surface area contributed by atoms with Crippen molar-refractivity contribution in [3.05, 3.63) is 72.3 Å². The fourth-order valence-electron chi connectivity index (χ4n) is 2.33. The van der Waals surface area contributed by atoms with E-state index in [-0.39, 0.29) is 13.2 Å². The van der Waals surface area contributed by atoms with Crippen molar-refractivity contribution >= 4 is 23.6 Å². The van der Waals surface area contributed by atoms with Gasteiger partial charge in [0.05, 0.1) is 19.4 Å². The molecule has 0 saturated carbocycles. The van der Waals surface area contributed by atoms with E-state index in [1.165, 1.54) is 7.11 Å². The fourth-order valence-corrected chi connectivity index (χ4v) is 2.33. The standard InChI is InChI=1S/C21H22N2O5/c1-3-28-20(25)14-13-19(24)23(17-9-11-18(27-2)12-10-17)21(26)22-15-16-7-5-4-6-8-16/h4-14H,3,15H2,1-2H3,(H,22,26)/b14-13+. The number of amides is 3. The van der Waals surface area contributed by atoms with Gasteiger partial charge in [-0.1, -0.05) is 30.3 Å². The molecule has 0 aliphatic carbocycles. The Hall–Kier alpha value is -3.61. The molecule has 0 spiro atoms. The molecule has 0 aliphatic heterocycles. The normalized spacial score (nSPS) is 10.4. The van der Waals surface area contributed by atoms with Crippen LogP contribution in [0, 0.1) is 0 Å². The van der Waals surface area contributed by atoms with E-state index in [4.69, 9.17) is 9.47 Å². The quantitative estimate of drug-likeness (QED) is 0.588. The zero-order valence-corrected chi connectivity index (χ0v) is 15.8. The summed E-state index contributed by atoms with van der Waals surface area (Å²) in [6.07, 6.45) is 2.00. The van der Waals surface area contributed by atoms with Gasteiger partial charge in [0.1, 0.15) is 5.75 Å². The van der Waals surface area contributed by atoms with Gasteiger partial charge in [0, 0.05) is 18.7 Å². The van der Waals surface area contributed by atoms with Crippen LogP contribution in [-0.4, -0.2) is 31.6 Å². The van der Waals surface area contributed by atoms with Gasteiger partial charge in [0.2, 0.25) is 0 Å². The number of rotatable bonds is 7. The number of hydrogen-bond acceptors (Lipinski definition) is 5. The number of anilines is 1. The molecule has 2 rings (SSSR count). The van der Waals surface area contributed by atoms with E-state index in [0.29, 0.717) is 11.4 Å². The number of urea groups is 1. The van der Waals surface area contributed by atoms with Crippen molar-refractivity contribution in [3.8, 4) is 5.75 Å². The van der Waals surface area contributed by atoms with Gasteiger partial charge in [0.15, 0.2) is 0 Å². The Morgan fingerprint density at radius 3 is 2.29 bits per heavy atom. The molecule has 0 heterocycles. The van der Waals surface area contributed by atoms with Gasteiger partial charge in [-0.15, -0.1) is 0 Å². The SMILES string of the molecule is CCOC(=O)/C=C/C(=O)N(C(=O)NCc1ccccc1)c1ccc(OC)cc1. The number of carbonyl (C=O) groups excluding carboxylic acids is 3. The summed E-state index contributed by atoms with van der Waals surface area (Å²) in [5, 5.41) is 2.70. The third kappa shape index (κ3) is 5.98.